The van der Waals surface area contributed by atoms with Crippen molar-refractivity contribution in [2.75, 3.05) is 30.3 Å². The Bertz CT molecular complexity index is 1010. The van der Waals surface area contributed by atoms with E-state index in [1.54, 1.807) is 0 Å². The van der Waals surface area contributed by atoms with Crippen LogP contribution >= 0.6 is 0 Å². The largest absolute Gasteiger partial charge is 0.486 e. The average Bonchev–Trinajstić information content (AvgIpc) is 2.70. The van der Waals surface area contributed by atoms with Crippen molar-refractivity contribution in [1.29, 1.82) is 0 Å². The lowest BCUT2D eigenvalue weighted by atomic mass is 10.1. The number of hydrogen-bond donors (Lipinski definition) is 1. The van der Waals surface area contributed by atoms with Gasteiger partial charge in [0.05, 0.1) is 18.5 Å². The minimum atomic E-state index is -3.45. The number of amides is 1. The van der Waals surface area contributed by atoms with Crippen LogP contribution in [-0.4, -0.2) is 46.4 Å². The second-order valence-corrected chi connectivity index (χ2v) is 9.44. The van der Waals surface area contributed by atoms with Crippen LogP contribution in [0.15, 0.2) is 42.5 Å². The van der Waals surface area contributed by atoms with Gasteiger partial charge in [0, 0.05) is 13.0 Å². The molecular formula is C22H28N2O5S. The number of ether oxygens (including phenoxy) is 2. The average molecular weight is 433 g/mol. The third kappa shape index (κ3) is 5.66. The van der Waals surface area contributed by atoms with E-state index >= 15 is 0 Å². The number of rotatable bonds is 8. The van der Waals surface area contributed by atoms with Crippen LogP contribution in [0.5, 0.6) is 11.5 Å². The van der Waals surface area contributed by atoms with E-state index in [0.717, 1.165) is 11.1 Å². The standard InChI is InChI=1S/C22H28N2O5S/c1-16-10-11-17(2)19(13-16)24(30(3,26)27)12-6-9-22(25)23-14-18-15-28-20-7-4-5-8-21(20)29-18/h4-5,7-8,10-11,13,18H,6,9,12,14-15H2,1-3H3,(H,23,25)/t18-/m0/s1. The quantitative estimate of drug-likeness (QED) is 0.693. The molecule has 1 amide bonds. The van der Waals surface area contributed by atoms with Crippen molar-refractivity contribution in [2.45, 2.75) is 32.8 Å². The number of nitrogens with zero attached hydrogens (tertiary/aromatic N) is 1. The molecule has 0 radical (unpaired) electrons. The molecule has 0 aromatic heterocycles. The Labute approximate surface area is 178 Å². The second kappa shape index (κ2) is 9.38. The van der Waals surface area contributed by atoms with Gasteiger partial charge < -0.3 is 14.8 Å². The van der Waals surface area contributed by atoms with E-state index in [1.807, 2.05) is 56.3 Å². The lowest BCUT2D eigenvalue weighted by molar-refractivity contribution is -0.121. The first-order chi connectivity index (χ1) is 14.2. The number of carbonyl (C=O) groups excluding carboxylic acids is 1. The van der Waals surface area contributed by atoms with Crippen molar-refractivity contribution in [2.24, 2.45) is 0 Å². The van der Waals surface area contributed by atoms with Crippen LogP contribution < -0.4 is 19.1 Å². The van der Waals surface area contributed by atoms with Crippen molar-refractivity contribution in [1.82, 2.24) is 5.32 Å². The predicted octanol–water partition coefficient (Wildman–Crippen LogP) is 2.81. The van der Waals surface area contributed by atoms with E-state index in [-0.39, 0.29) is 25.0 Å². The van der Waals surface area contributed by atoms with E-state index in [0.29, 0.717) is 36.8 Å². The smallest absolute Gasteiger partial charge is 0.232 e. The van der Waals surface area contributed by atoms with E-state index in [9.17, 15) is 13.2 Å². The van der Waals surface area contributed by atoms with Crippen LogP contribution in [0.4, 0.5) is 5.69 Å². The Kier molecular flexibility index (Phi) is 6.87. The molecule has 1 aliphatic rings. The van der Waals surface area contributed by atoms with Crippen molar-refractivity contribution in [3.05, 3.63) is 53.6 Å². The highest BCUT2D eigenvalue weighted by atomic mass is 32.2. The Hall–Kier alpha value is -2.74. The molecule has 3 rings (SSSR count). The highest BCUT2D eigenvalue weighted by molar-refractivity contribution is 7.92. The summed E-state index contributed by atoms with van der Waals surface area (Å²) in [7, 11) is -3.45. The molecule has 1 N–H and O–H groups in total. The van der Waals surface area contributed by atoms with Crippen LogP contribution in [0.2, 0.25) is 0 Å². The fraction of sp³-hybridized carbons (Fsp3) is 0.409. The summed E-state index contributed by atoms with van der Waals surface area (Å²) in [5.74, 6) is 1.22. The van der Waals surface area contributed by atoms with Crippen molar-refractivity contribution >= 4 is 21.6 Å². The SMILES string of the molecule is Cc1ccc(C)c(N(CCCC(=O)NC[C@H]2COc3ccccc3O2)S(C)(=O)=O)c1. The predicted molar refractivity (Wildman–Crippen MR) is 117 cm³/mol. The number of para-hydroxylation sites is 2. The number of carbonyl (C=O) groups is 1. The summed E-state index contributed by atoms with van der Waals surface area (Å²) in [4.78, 5) is 12.2. The van der Waals surface area contributed by atoms with Crippen molar-refractivity contribution in [3.8, 4) is 11.5 Å². The number of hydrogen-bond acceptors (Lipinski definition) is 5. The van der Waals surface area contributed by atoms with Gasteiger partial charge in [0.2, 0.25) is 15.9 Å². The number of benzene rings is 2. The number of fused-ring (bicyclic) bond motifs is 1. The summed E-state index contributed by atoms with van der Waals surface area (Å²) in [6, 6.07) is 13.1. The van der Waals surface area contributed by atoms with Gasteiger partial charge in [0.25, 0.3) is 0 Å². The molecule has 162 valence electrons. The molecule has 7 nitrogen and oxygen atoms in total. The minimum Gasteiger partial charge on any atom is -0.486 e. The number of nitrogens with one attached hydrogen (secondary N) is 1. The topological polar surface area (TPSA) is 84.9 Å². The Morgan fingerprint density at radius 2 is 1.90 bits per heavy atom. The molecule has 1 aliphatic heterocycles. The van der Waals surface area contributed by atoms with Crippen LogP contribution in [-0.2, 0) is 14.8 Å². The molecule has 0 bridgehead atoms. The lowest BCUT2D eigenvalue weighted by Gasteiger charge is -2.26. The third-order valence-corrected chi connectivity index (χ3v) is 6.07. The number of anilines is 1. The van der Waals surface area contributed by atoms with Crippen LogP contribution in [0.3, 0.4) is 0 Å². The molecule has 2 aromatic rings. The second-order valence-electron chi connectivity index (χ2n) is 7.53. The summed E-state index contributed by atoms with van der Waals surface area (Å²) in [5, 5.41) is 2.84. The maximum Gasteiger partial charge on any atom is 0.232 e. The fourth-order valence-electron chi connectivity index (χ4n) is 3.32. The molecule has 30 heavy (non-hydrogen) atoms. The Morgan fingerprint density at radius 1 is 1.17 bits per heavy atom. The van der Waals surface area contributed by atoms with Crippen molar-refractivity contribution in [3.63, 3.8) is 0 Å². The van der Waals surface area contributed by atoms with Crippen LogP contribution in [0.25, 0.3) is 0 Å². The highest BCUT2D eigenvalue weighted by Gasteiger charge is 2.22. The molecule has 0 aliphatic carbocycles. The normalized spacial score (nSPS) is 15.5. The zero-order valence-electron chi connectivity index (χ0n) is 17.6. The number of sulfonamides is 1. The monoisotopic (exact) mass is 432 g/mol. The fourth-order valence-corrected chi connectivity index (χ4v) is 4.33. The van der Waals surface area contributed by atoms with Gasteiger partial charge in [0.15, 0.2) is 11.5 Å². The first kappa shape index (κ1) is 22.0. The molecule has 0 spiro atoms. The van der Waals surface area contributed by atoms with Crippen molar-refractivity contribution < 1.29 is 22.7 Å². The van der Waals surface area contributed by atoms with Gasteiger partial charge in [-0.1, -0.05) is 24.3 Å². The molecule has 8 heteroatoms. The van der Waals surface area contributed by atoms with Gasteiger partial charge in [-0.2, -0.15) is 0 Å². The molecular weight excluding hydrogens is 404 g/mol. The highest BCUT2D eigenvalue weighted by Crippen LogP contribution is 2.30. The molecule has 2 aromatic carbocycles. The van der Waals surface area contributed by atoms with Gasteiger partial charge in [-0.25, -0.2) is 8.42 Å². The summed E-state index contributed by atoms with van der Waals surface area (Å²) in [6.45, 7) is 4.75. The van der Waals surface area contributed by atoms with E-state index in [1.165, 1.54) is 10.6 Å². The Morgan fingerprint density at radius 3 is 2.63 bits per heavy atom. The van der Waals surface area contributed by atoms with Gasteiger partial charge >= 0.3 is 0 Å². The zero-order valence-corrected chi connectivity index (χ0v) is 18.4. The molecule has 1 heterocycles. The van der Waals surface area contributed by atoms with Gasteiger partial charge in [-0.15, -0.1) is 0 Å². The maximum atomic E-state index is 12.3. The van der Waals surface area contributed by atoms with Gasteiger partial charge in [-0.3, -0.25) is 9.10 Å². The molecule has 0 fully saturated rings. The molecule has 1 atom stereocenters. The summed E-state index contributed by atoms with van der Waals surface area (Å²) in [6.07, 6.45) is 1.57. The molecule has 0 saturated carbocycles. The molecule has 0 unspecified atom stereocenters. The van der Waals surface area contributed by atoms with E-state index in [4.69, 9.17) is 9.47 Å². The Balaban J connectivity index is 1.50. The zero-order chi connectivity index (χ0) is 21.7. The van der Waals surface area contributed by atoms with Crippen LogP contribution in [0.1, 0.15) is 24.0 Å². The van der Waals surface area contributed by atoms with Gasteiger partial charge in [-0.05, 0) is 49.6 Å². The van der Waals surface area contributed by atoms with E-state index < -0.39 is 10.0 Å². The van der Waals surface area contributed by atoms with E-state index in [2.05, 4.69) is 5.32 Å². The summed E-state index contributed by atoms with van der Waals surface area (Å²) in [5.41, 5.74) is 2.52. The minimum absolute atomic E-state index is 0.146. The first-order valence-electron chi connectivity index (χ1n) is 9.94. The lowest BCUT2D eigenvalue weighted by Crippen LogP contribution is -2.41. The third-order valence-electron chi connectivity index (χ3n) is 4.89. The summed E-state index contributed by atoms with van der Waals surface area (Å²) >= 11 is 0. The number of aryl methyl sites for hydroxylation is 2. The maximum absolute atomic E-state index is 12.3. The molecule has 0 saturated heterocycles. The summed E-state index contributed by atoms with van der Waals surface area (Å²) < 4.78 is 37.4. The van der Waals surface area contributed by atoms with Crippen LogP contribution in [0, 0.1) is 13.8 Å². The van der Waals surface area contributed by atoms with Gasteiger partial charge in [0.1, 0.15) is 12.7 Å². The first-order valence-corrected chi connectivity index (χ1v) is 11.8.